The summed E-state index contributed by atoms with van der Waals surface area (Å²) in [6.45, 7) is 4.44. The van der Waals surface area contributed by atoms with Crippen molar-refractivity contribution < 1.29 is 4.79 Å². The Balaban J connectivity index is 1.24. The first-order valence-corrected chi connectivity index (χ1v) is 8.78. The predicted octanol–water partition coefficient (Wildman–Crippen LogP) is 3.07. The van der Waals surface area contributed by atoms with Crippen LogP contribution in [0.4, 0.5) is 4.79 Å². The van der Waals surface area contributed by atoms with Crippen molar-refractivity contribution in [2.45, 2.75) is 38.6 Å². The number of hydrogen-bond acceptors (Lipinski definition) is 2. The maximum atomic E-state index is 11.8. The summed E-state index contributed by atoms with van der Waals surface area (Å²) in [6.07, 6.45) is 7.00. The fourth-order valence-electron chi connectivity index (χ4n) is 3.12. The van der Waals surface area contributed by atoms with Gasteiger partial charge in [0.05, 0.1) is 0 Å². The molecule has 1 aliphatic carbocycles. The summed E-state index contributed by atoms with van der Waals surface area (Å²) < 4.78 is 2.14. The van der Waals surface area contributed by atoms with Crippen molar-refractivity contribution in [2.24, 2.45) is 5.92 Å². The Morgan fingerprint density at radius 3 is 2.83 bits per heavy atom. The maximum Gasteiger partial charge on any atom is 0.314 e. The molecule has 1 aromatic carbocycles. The largest absolute Gasteiger partial charge is 0.338 e. The molecule has 0 spiro atoms. The Morgan fingerprint density at radius 1 is 1.25 bits per heavy atom. The number of amides is 2. The predicted molar refractivity (Wildman–Crippen MR) is 94.9 cm³/mol. The molecule has 24 heavy (non-hydrogen) atoms. The van der Waals surface area contributed by atoms with E-state index < -0.39 is 0 Å². The van der Waals surface area contributed by atoms with Crippen molar-refractivity contribution in [2.75, 3.05) is 13.1 Å². The molecule has 128 valence electrons. The van der Waals surface area contributed by atoms with Gasteiger partial charge in [0, 0.05) is 32.0 Å². The molecule has 2 amide bonds. The number of urea groups is 1. The second kappa shape index (κ2) is 7.99. The Bertz CT molecular complexity index is 652. The standard InChI is InChI=1S/C19H26N4O/c1-15-20-10-12-23(15)11-6-5-9-21-19(24)22-14-17-13-18(17)16-7-3-2-4-8-16/h2-4,7-8,10,12,17-18H,5-6,9,11,13-14H2,1H3,(H2,21,22,24)/t17-,18-/m0/s1. The summed E-state index contributed by atoms with van der Waals surface area (Å²) in [5.74, 6) is 2.24. The quantitative estimate of drug-likeness (QED) is 0.733. The van der Waals surface area contributed by atoms with E-state index >= 15 is 0 Å². The fourth-order valence-corrected chi connectivity index (χ4v) is 3.12. The zero-order valence-corrected chi connectivity index (χ0v) is 14.2. The van der Waals surface area contributed by atoms with E-state index in [0.29, 0.717) is 18.4 Å². The average molecular weight is 326 g/mol. The van der Waals surface area contributed by atoms with Gasteiger partial charge in [-0.25, -0.2) is 9.78 Å². The van der Waals surface area contributed by atoms with Gasteiger partial charge in [0.1, 0.15) is 5.82 Å². The Morgan fingerprint density at radius 2 is 2.08 bits per heavy atom. The Kier molecular flexibility index (Phi) is 5.51. The zero-order valence-electron chi connectivity index (χ0n) is 14.2. The van der Waals surface area contributed by atoms with Gasteiger partial charge in [-0.05, 0) is 43.6 Å². The van der Waals surface area contributed by atoms with Gasteiger partial charge in [-0.15, -0.1) is 0 Å². The molecule has 1 fully saturated rings. The molecule has 2 aromatic rings. The second-order valence-corrected chi connectivity index (χ2v) is 6.52. The lowest BCUT2D eigenvalue weighted by Gasteiger charge is -2.08. The Hall–Kier alpha value is -2.30. The maximum absolute atomic E-state index is 11.8. The number of carbonyl (C=O) groups excluding carboxylic acids is 1. The smallest absolute Gasteiger partial charge is 0.314 e. The van der Waals surface area contributed by atoms with E-state index in [1.807, 2.05) is 25.4 Å². The lowest BCUT2D eigenvalue weighted by atomic mass is 10.1. The van der Waals surface area contributed by atoms with E-state index in [2.05, 4.69) is 44.5 Å². The third kappa shape index (κ3) is 4.60. The SMILES string of the molecule is Cc1nccn1CCCCNC(=O)NC[C@@H]1C[C@H]1c1ccccc1. The molecule has 0 radical (unpaired) electrons. The number of rotatable bonds is 8. The van der Waals surface area contributed by atoms with Crippen LogP contribution in [-0.2, 0) is 6.54 Å². The summed E-state index contributed by atoms with van der Waals surface area (Å²) in [7, 11) is 0. The van der Waals surface area contributed by atoms with Crippen LogP contribution < -0.4 is 10.6 Å². The van der Waals surface area contributed by atoms with Crippen molar-refractivity contribution in [3.8, 4) is 0 Å². The number of nitrogens with zero attached hydrogens (tertiary/aromatic N) is 2. The highest BCUT2D eigenvalue weighted by Crippen LogP contribution is 2.46. The average Bonchev–Trinajstić information content (AvgIpc) is 3.28. The molecule has 0 saturated heterocycles. The van der Waals surface area contributed by atoms with E-state index in [4.69, 9.17) is 0 Å². The van der Waals surface area contributed by atoms with Crippen LogP contribution in [-0.4, -0.2) is 28.7 Å². The van der Waals surface area contributed by atoms with Crippen LogP contribution in [0, 0.1) is 12.8 Å². The molecule has 3 rings (SSSR count). The highest BCUT2D eigenvalue weighted by molar-refractivity contribution is 5.73. The first kappa shape index (κ1) is 16.6. The minimum absolute atomic E-state index is 0.0486. The summed E-state index contributed by atoms with van der Waals surface area (Å²) in [6, 6.07) is 10.5. The zero-order chi connectivity index (χ0) is 16.8. The lowest BCUT2D eigenvalue weighted by molar-refractivity contribution is 0.240. The molecule has 1 aliphatic rings. The first-order chi connectivity index (χ1) is 11.7. The number of unbranched alkanes of at least 4 members (excludes halogenated alkanes) is 1. The molecule has 1 saturated carbocycles. The molecule has 1 heterocycles. The summed E-state index contributed by atoms with van der Waals surface area (Å²) >= 11 is 0. The van der Waals surface area contributed by atoms with Crippen LogP contribution in [0.25, 0.3) is 0 Å². The van der Waals surface area contributed by atoms with E-state index in [-0.39, 0.29) is 6.03 Å². The number of nitrogens with one attached hydrogen (secondary N) is 2. The molecule has 0 unspecified atom stereocenters. The number of aryl methyl sites for hydroxylation is 2. The van der Waals surface area contributed by atoms with Crippen molar-refractivity contribution in [1.29, 1.82) is 0 Å². The van der Waals surface area contributed by atoms with Gasteiger partial charge in [0.25, 0.3) is 0 Å². The van der Waals surface area contributed by atoms with Crippen LogP contribution in [0.5, 0.6) is 0 Å². The van der Waals surface area contributed by atoms with Crippen LogP contribution in [0.1, 0.15) is 36.6 Å². The fraction of sp³-hybridized carbons (Fsp3) is 0.474. The van der Waals surface area contributed by atoms with Gasteiger partial charge in [-0.1, -0.05) is 30.3 Å². The van der Waals surface area contributed by atoms with E-state index in [1.165, 1.54) is 12.0 Å². The molecule has 5 heteroatoms. The van der Waals surface area contributed by atoms with Crippen molar-refractivity contribution >= 4 is 6.03 Å². The summed E-state index contributed by atoms with van der Waals surface area (Å²) in [5, 5.41) is 5.93. The van der Waals surface area contributed by atoms with Crippen LogP contribution in [0.2, 0.25) is 0 Å². The van der Waals surface area contributed by atoms with E-state index in [0.717, 1.165) is 31.8 Å². The topological polar surface area (TPSA) is 59.0 Å². The van der Waals surface area contributed by atoms with E-state index in [9.17, 15) is 4.79 Å². The molecule has 0 bridgehead atoms. The van der Waals surface area contributed by atoms with Crippen molar-refractivity contribution in [1.82, 2.24) is 20.2 Å². The molecular weight excluding hydrogens is 300 g/mol. The van der Waals surface area contributed by atoms with E-state index in [1.54, 1.807) is 0 Å². The highest BCUT2D eigenvalue weighted by Gasteiger charge is 2.37. The third-order valence-corrected chi connectivity index (χ3v) is 4.71. The van der Waals surface area contributed by atoms with Gasteiger partial charge in [0.2, 0.25) is 0 Å². The summed E-state index contributed by atoms with van der Waals surface area (Å²) in [4.78, 5) is 16.0. The third-order valence-electron chi connectivity index (χ3n) is 4.71. The van der Waals surface area contributed by atoms with Crippen LogP contribution in [0.15, 0.2) is 42.7 Å². The van der Waals surface area contributed by atoms with Crippen molar-refractivity contribution in [3.05, 3.63) is 54.1 Å². The van der Waals surface area contributed by atoms with Gasteiger partial charge >= 0.3 is 6.03 Å². The molecule has 1 aromatic heterocycles. The molecule has 2 atom stereocenters. The molecule has 0 aliphatic heterocycles. The minimum Gasteiger partial charge on any atom is -0.338 e. The van der Waals surface area contributed by atoms with Crippen LogP contribution in [0.3, 0.4) is 0 Å². The number of hydrogen-bond donors (Lipinski definition) is 2. The number of imidazole rings is 1. The molecular formula is C19H26N4O. The van der Waals surface area contributed by atoms with Gasteiger partial charge in [0.15, 0.2) is 0 Å². The molecule has 5 nitrogen and oxygen atoms in total. The lowest BCUT2D eigenvalue weighted by Crippen LogP contribution is -2.37. The first-order valence-electron chi connectivity index (χ1n) is 8.78. The minimum atomic E-state index is -0.0486. The highest BCUT2D eigenvalue weighted by atomic mass is 16.2. The number of aromatic nitrogens is 2. The van der Waals surface area contributed by atoms with Gasteiger partial charge in [-0.2, -0.15) is 0 Å². The monoisotopic (exact) mass is 326 g/mol. The number of benzene rings is 1. The van der Waals surface area contributed by atoms with Gasteiger partial charge in [-0.3, -0.25) is 0 Å². The number of carbonyl (C=O) groups is 1. The van der Waals surface area contributed by atoms with Crippen LogP contribution >= 0.6 is 0 Å². The Labute approximate surface area is 143 Å². The second-order valence-electron chi connectivity index (χ2n) is 6.52. The molecule has 2 N–H and O–H groups in total. The van der Waals surface area contributed by atoms with Crippen molar-refractivity contribution in [3.63, 3.8) is 0 Å². The summed E-state index contributed by atoms with van der Waals surface area (Å²) in [5.41, 5.74) is 1.39. The normalized spacial score (nSPS) is 19.0. The van der Waals surface area contributed by atoms with Gasteiger partial charge < -0.3 is 15.2 Å².